The summed E-state index contributed by atoms with van der Waals surface area (Å²) in [7, 11) is 0. The fraction of sp³-hybridized carbons (Fsp3) is 0.214. The second kappa shape index (κ2) is 8.32. The standard InChI is InChI=1S/C14H14FN3O3/c15-11-4-1-2-5-12(11)18-9-10(8-16)14(21)17-7-3-6-13(19)20/h1-2,4-5,9,18H,3,6-7H2,(H,17,21)(H,19,20)/b10-9-. The minimum absolute atomic E-state index is 0.0701. The summed E-state index contributed by atoms with van der Waals surface area (Å²) < 4.78 is 13.3. The summed E-state index contributed by atoms with van der Waals surface area (Å²) in [6.07, 6.45) is 1.30. The van der Waals surface area contributed by atoms with Gasteiger partial charge in [0.25, 0.3) is 5.91 Å². The Morgan fingerprint density at radius 2 is 2.10 bits per heavy atom. The summed E-state index contributed by atoms with van der Waals surface area (Å²) in [4.78, 5) is 21.9. The first-order chi connectivity index (χ1) is 10.0. The number of hydrogen-bond donors (Lipinski definition) is 3. The molecule has 0 saturated carbocycles. The highest BCUT2D eigenvalue weighted by Gasteiger charge is 2.09. The zero-order valence-corrected chi connectivity index (χ0v) is 11.1. The van der Waals surface area contributed by atoms with Crippen LogP contribution in [0.2, 0.25) is 0 Å². The number of carboxylic acids is 1. The van der Waals surface area contributed by atoms with Gasteiger partial charge in [-0.3, -0.25) is 9.59 Å². The van der Waals surface area contributed by atoms with Gasteiger partial charge < -0.3 is 15.7 Å². The van der Waals surface area contributed by atoms with Gasteiger partial charge in [0.1, 0.15) is 17.5 Å². The molecule has 0 saturated heterocycles. The van der Waals surface area contributed by atoms with Gasteiger partial charge in [0.15, 0.2) is 0 Å². The molecule has 21 heavy (non-hydrogen) atoms. The van der Waals surface area contributed by atoms with Crippen molar-refractivity contribution in [3.05, 3.63) is 41.9 Å². The highest BCUT2D eigenvalue weighted by molar-refractivity contribution is 5.97. The minimum Gasteiger partial charge on any atom is -0.481 e. The van der Waals surface area contributed by atoms with E-state index >= 15 is 0 Å². The third kappa shape index (κ3) is 5.74. The molecule has 1 rings (SSSR count). The SMILES string of the molecule is N#C/C(=C/Nc1ccccc1F)C(=O)NCCCC(=O)O. The number of para-hydroxylation sites is 1. The molecule has 3 N–H and O–H groups in total. The number of carboxylic acid groups (broad SMARTS) is 1. The average molecular weight is 291 g/mol. The third-order valence-electron chi connectivity index (χ3n) is 2.46. The maximum Gasteiger partial charge on any atom is 0.303 e. The lowest BCUT2D eigenvalue weighted by molar-refractivity contribution is -0.137. The van der Waals surface area contributed by atoms with Crippen LogP contribution in [0.25, 0.3) is 0 Å². The van der Waals surface area contributed by atoms with Crippen LogP contribution in [0.3, 0.4) is 0 Å². The lowest BCUT2D eigenvalue weighted by Gasteiger charge is -2.05. The van der Waals surface area contributed by atoms with Crippen LogP contribution in [-0.2, 0) is 9.59 Å². The van der Waals surface area contributed by atoms with Gasteiger partial charge in [0, 0.05) is 19.2 Å². The topological polar surface area (TPSA) is 102 Å². The Labute approximate surface area is 120 Å². The van der Waals surface area contributed by atoms with E-state index < -0.39 is 17.7 Å². The largest absolute Gasteiger partial charge is 0.481 e. The van der Waals surface area contributed by atoms with Crippen molar-refractivity contribution in [3.8, 4) is 6.07 Å². The Hall–Kier alpha value is -2.88. The molecule has 0 heterocycles. The van der Waals surface area contributed by atoms with Gasteiger partial charge in [0.05, 0.1) is 5.69 Å². The Balaban J connectivity index is 2.55. The number of amides is 1. The second-order valence-corrected chi connectivity index (χ2v) is 4.05. The molecule has 0 radical (unpaired) electrons. The average Bonchev–Trinajstić information content (AvgIpc) is 2.46. The van der Waals surface area contributed by atoms with Gasteiger partial charge in [-0.1, -0.05) is 12.1 Å². The number of aliphatic carboxylic acids is 1. The molecule has 6 nitrogen and oxygen atoms in total. The number of carbonyl (C=O) groups is 2. The van der Waals surface area contributed by atoms with E-state index in [1.165, 1.54) is 18.2 Å². The molecule has 0 unspecified atom stereocenters. The van der Waals surface area contributed by atoms with Crippen molar-refractivity contribution in [2.24, 2.45) is 0 Å². The molecule has 7 heteroatoms. The van der Waals surface area contributed by atoms with E-state index in [4.69, 9.17) is 10.4 Å². The number of nitrogens with one attached hydrogen (secondary N) is 2. The molecule has 0 atom stereocenters. The lowest BCUT2D eigenvalue weighted by atomic mass is 10.2. The number of halogens is 1. The number of nitriles is 1. The highest BCUT2D eigenvalue weighted by atomic mass is 19.1. The number of anilines is 1. The van der Waals surface area contributed by atoms with Crippen LogP contribution < -0.4 is 10.6 Å². The summed E-state index contributed by atoms with van der Waals surface area (Å²) >= 11 is 0. The maximum absolute atomic E-state index is 13.3. The molecule has 0 aliphatic rings. The van der Waals surface area contributed by atoms with Crippen molar-refractivity contribution >= 4 is 17.6 Å². The fourth-order valence-corrected chi connectivity index (χ4v) is 1.41. The second-order valence-electron chi connectivity index (χ2n) is 4.05. The maximum atomic E-state index is 13.3. The van der Waals surface area contributed by atoms with Crippen LogP contribution in [0.1, 0.15) is 12.8 Å². The molecule has 0 aromatic heterocycles. The summed E-state index contributed by atoms with van der Waals surface area (Å²) in [5, 5.41) is 22.3. The van der Waals surface area contributed by atoms with Gasteiger partial charge in [-0.05, 0) is 18.6 Å². The summed E-state index contributed by atoms with van der Waals surface area (Å²) in [6, 6.07) is 7.52. The smallest absolute Gasteiger partial charge is 0.303 e. The van der Waals surface area contributed by atoms with Crippen molar-refractivity contribution < 1.29 is 19.1 Å². The molecule has 0 spiro atoms. The van der Waals surface area contributed by atoms with Crippen molar-refractivity contribution in [1.82, 2.24) is 5.32 Å². The van der Waals surface area contributed by atoms with Crippen LogP contribution in [0.15, 0.2) is 36.0 Å². The normalized spacial score (nSPS) is 10.6. The van der Waals surface area contributed by atoms with Crippen LogP contribution >= 0.6 is 0 Å². The van der Waals surface area contributed by atoms with Crippen LogP contribution in [0, 0.1) is 17.1 Å². The van der Waals surface area contributed by atoms with Gasteiger partial charge in [-0.2, -0.15) is 5.26 Å². The summed E-state index contributed by atoms with van der Waals surface area (Å²) in [5.41, 5.74) is -0.0856. The van der Waals surface area contributed by atoms with Crippen LogP contribution in [0.4, 0.5) is 10.1 Å². The van der Waals surface area contributed by atoms with Crippen molar-refractivity contribution in [2.45, 2.75) is 12.8 Å². The molecule has 0 fully saturated rings. The monoisotopic (exact) mass is 291 g/mol. The molecular weight excluding hydrogens is 277 g/mol. The number of hydrogen-bond acceptors (Lipinski definition) is 4. The highest BCUT2D eigenvalue weighted by Crippen LogP contribution is 2.12. The predicted molar refractivity (Wildman–Crippen MR) is 73.6 cm³/mol. The number of benzene rings is 1. The first kappa shape index (κ1) is 16.2. The molecule has 1 aromatic rings. The summed E-state index contributed by atoms with van der Waals surface area (Å²) in [6.45, 7) is 0.143. The Bertz CT molecular complexity index is 593. The van der Waals surface area contributed by atoms with Gasteiger partial charge >= 0.3 is 5.97 Å². The quantitative estimate of drug-likeness (QED) is 0.402. The van der Waals surface area contributed by atoms with E-state index in [0.29, 0.717) is 0 Å². The van der Waals surface area contributed by atoms with Crippen LogP contribution in [-0.4, -0.2) is 23.5 Å². The molecule has 1 amide bonds. The molecule has 0 bridgehead atoms. The first-order valence-electron chi connectivity index (χ1n) is 6.16. The van der Waals surface area contributed by atoms with E-state index in [1.807, 2.05) is 0 Å². The van der Waals surface area contributed by atoms with Crippen molar-refractivity contribution in [1.29, 1.82) is 5.26 Å². The molecule has 110 valence electrons. The molecular formula is C14H14FN3O3. The lowest BCUT2D eigenvalue weighted by Crippen LogP contribution is -2.26. The molecule has 0 aliphatic carbocycles. The van der Waals surface area contributed by atoms with E-state index in [9.17, 15) is 14.0 Å². The zero-order chi connectivity index (χ0) is 15.7. The predicted octanol–water partition coefficient (Wildman–Crippen LogP) is 1.63. The van der Waals surface area contributed by atoms with Crippen molar-refractivity contribution in [2.75, 3.05) is 11.9 Å². The minimum atomic E-state index is -0.957. The Kier molecular flexibility index (Phi) is 6.41. The molecule has 0 aliphatic heterocycles. The van der Waals surface area contributed by atoms with E-state index in [1.54, 1.807) is 12.1 Å². The number of carbonyl (C=O) groups excluding carboxylic acids is 1. The number of rotatable bonds is 7. The van der Waals surface area contributed by atoms with Gasteiger partial charge in [-0.15, -0.1) is 0 Å². The fourth-order valence-electron chi connectivity index (χ4n) is 1.41. The number of nitrogens with zero attached hydrogens (tertiary/aromatic N) is 1. The van der Waals surface area contributed by atoms with Crippen LogP contribution in [0.5, 0.6) is 0 Å². The zero-order valence-electron chi connectivity index (χ0n) is 11.1. The summed E-state index contributed by atoms with van der Waals surface area (Å²) in [5.74, 6) is -2.11. The molecule has 1 aromatic carbocycles. The van der Waals surface area contributed by atoms with Gasteiger partial charge in [0.2, 0.25) is 0 Å². The van der Waals surface area contributed by atoms with E-state index in [-0.39, 0.29) is 30.6 Å². The van der Waals surface area contributed by atoms with Crippen molar-refractivity contribution in [3.63, 3.8) is 0 Å². The first-order valence-corrected chi connectivity index (χ1v) is 6.16. The Morgan fingerprint density at radius 1 is 1.38 bits per heavy atom. The third-order valence-corrected chi connectivity index (χ3v) is 2.46. The van der Waals surface area contributed by atoms with E-state index in [0.717, 1.165) is 6.20 Å². The van der Waals surface area contributed by atoms with Gasteiger partial charge in [-0.25, -0.2) is 4.39 Å². The Morgan fingerprint density at radius 3 is 2.71 bits per heavy atom. The van der Waals surface area contributed by atoms with E-state index in [2.05, 4.69) is 10.6 Å².